The molecule has 4 nitrogen and oxygen atoms in total. The van der Waals surface area contributed by atoms with Crippen LogP contribution in [0.3, 0.4) is 0 Å². The minimum Gasteiger partial charge on any atom is -0.332 e. The summed E-state index contributed by atoms with van der Waals surface area (Å²) in [5, 5.41) is 0.851. The van der Waals surface area contributed by atoms with E-state index in [1.807, 2.05) is 0 Å². The molecule has 0 aromatic heterocycles. The molecule has 0 saturated heterocycles. The fourth-order valence-corrected chi connectivity index (χ4v) is 4.63. The average Bonchev–Trinajstić information content (AvgIpc) is 2.52. The van der Waals surface area contributed by atoms with Gasteiger partial charge in [0, 0.05) is 10.6 Å². The Bertz CT molecular complexity index is 818. The van der Waals surface area contributed by atoms with Crippen molar-refractivity contribution in [3.8, 4) is 0 Å². The SMILES string of the molecule is O=C(N[C@H](C(Cl)(Cl)Cl)S(=O)(=O)c1ccc(Cl)cc1)c1ccccc1. The van der Waals surface area contributed by atoms with E-state index in [0.29, 0.717) is 5.02 Å². The van der Waals surface area contributed by atoms with E-state index in [2.05, 4.69) is 5.32 Å². The normalized spacial score (nSPS) is 13.3. The lowest BCUT2D eigenvalue weighted by molar-refractivity contribution is 0.0948. The Labute approximate surface area is 159 Å². The lowest BCUT2D eigenvalue weighted by Crippen LogP contribution is -2.49. The van der Waals surface area contributed by atoms with E-state index in [1.54, 1.807) is 18.2 Å². The van der Waals surface area contributed by atoms with Gasteiger partial charge in [0.05, 0.1) is 4.90 Å². The molecule has 0 aliphatic rings. The molecule has 0 radical (unpaired) electrons. The number of carbonyl (C=O) groups is 1. The van der Waals surface area contributed by atoms with E-state index in [9.17, 15) is 13.2 Å². The summed E-state index contributed by atoms with van der Waals surface area (Å²) in [6.07, 6.45) is 0. The van der Waals surface area contributed by atoms with E-state index in [0.717, 1.165) is 0 Å². The Morgan fingerprint density at radius 3 is 2.00 bits per heavy atom. The first-order chi connectivity index (χ1) is 11.1. The largest absolute Gasteiger partial charge is 0.332 e. The summed E-state index contributed by atoms with van der Waals surface area (Å²) < 4.78 is 23.2. The van der Waals surface area contributed by atoms with Crippen molar-refractivity contribution in [2.75, 3.05) is 0 Å². The number of hydrogen-bond donors (Lipinski definition) is 1. The topological polar surface area (TPSA) is 63.2 Å². The molecule has 1 amide bonds. The maximum atomic E-state index is 12.7. The Kier molecular flexibility index (Phi) is 6.04. The summed E-state index contributed by atoms with van der Waals surface area (Å²) in [5.74, 6) is -0.676. The summed E-state index contributed by atoms with van der Waals surface area (Å²) >= 11 is 23.2. The first-order valence-corrected chi connectivity index (χ1v) is 9.60. The van der Waals surface area contributed by atoms with Gasteiger partial charge in [0.1, 0.15) is 0 Å². The second-order valence-corrected chi connectivity index (χ2v) is 9.60. The van der Waals surface area contributed by atoms with Crippen LogP contribution in [-0.4, -0.2) is 23.5 Å². The van der Waals surface area contributed by atoms with Crippen LogP contribution < -0.4 is 5.32 Å². The van der Waals surface area contributed by atoms with Crippen LogP contribution >= 0.6 is 46.4 Å². The highest BCUT2D eigenvalue weighted by Crippen LogP contribution is 2.36. The Morgan fingerprint density at radius 2 is 1.50 bits per heavy atom. The number of hydrogen-bond acceptors (Lipinski definition) is 3. The van der Waals surface area contributed by atoms with Gasteiger partial charge in [-0.3, -0.25) is 4.79 Å². The Balaban J connectivity index is 2.39. The van der Waals surface area contributed by atoms with Crippen molar-refractivity contribution >= 4 is 62.1 Å². The summed E-state index contributed by atoms with van der Waals surface area (Å²) in [6.45, 7) is 0. The van der Waals surface area contributed by atoms with Crippen molar-refractivity contribution < 1.29 is 13.2 Å². The zero-order chi connectivity index (χ0) is 18.0. The van der Waals surface area contributed by atoms with E-state index in [1.165, 1.54) is 36.4 Å². The van der Waals surface area contributed by atoms with Crippen LogP contribution in [0.1, 0.15) is 10.4 Å². The monoisotopic (exact) mass is 425 g/mol. The van der Waals surface area contributed by atoms with Crippen molar-refractivity contribution in [1.29, 1.82) is 0 Å². The molecule has 2 aromatic carbocycles. The second-order valence-electron chi connectivity index (χ2n) is 4.76. The molecule has 0 saturated carbocycles. The maximum absolute atomic E-state index is 12.7. The third-order valence-corrected chi connectivity index (χ3v) is 6.36. The molecule has 0 spiro atoms. The highest BCUT2D eigenvalue weighted by molar-refractivity contribution is 7.92. The molecule has 1 atom stereocenters. The predicted molar refractivity (Wildman–Crippen MR) is 96.6 cm³/mol. The molecule has 0 aliphatic heterocycles. The van der Waals surface area contributed by atoms with Crippen LogP contribution in [0.2, 0.25) is 5.02 Å². The minimum atomic E-state index is -4.17. The van der Waals surface area contributed by atoms with Crippen molar-refractivity contribution in [3.05, 3.63) is 65.2 Å². The molecule has 2 rings (SSSR count). The third kappa shape index (κ3) is 4.55. The molecule has 24 heavy (non-hydrogen) atoms. The average molecular weight is 427 g/mol. The number of rotatable bonds is 4. The van der Waals surface area contributed by atoms with Crippen LogP contribution in [0.15, 0.2) is 59.5 Å². The van der Waals surface area contributed by atoms with E-state index in [4.69, 9.17) is 46.4 Å². The standard InChI is InChI=1S/C15H11Cl4NO3S/c16-11-6-8-12(9-7-11)24(22,23)14(15(17,18)19)20-13(21)10-4-2-1-3-5-10/h1-9,14H,(H,20,21)/t14-/m0/s1. The van der Waals surface area contributed by atoms with Gasteiger partial charge in [-0.15, -0.1) is 0 Å². The summed E-state index contributed by atoms with van der Waals surface area (Å²) in [6, 6.07) is 13.3. The number of alkyl halides is 3. The zero-order valence-corrected chi connectivity index (χ0v) is 15.8. The lowest BCUT2D eigenvalue weighted by Gasteiger charge is -2.25. The van der Waals surface area contributed by atoms with Crippen LogP contribution in [0.5, 0.6) is 0 Å². The molecule has 128 valence electrons. The van der Waals surface area contributed by atoms with Gasteiger partial charge in [0.2, 0.25) is 13.6 Å². The molecular formula is C15H11Cl4NO3S. The third-order valence-electron chi connectivity index (χ3n) is 3.05. The van der Waals surface area contributed by atoms with Crippen LogP contribution in [0.25, 0.3) is 0 Å². The highest BCUT2D eigenvalue weighted by Gasteiger charge is 2.44. The number of benzene rings is 2. The number of nitrogens with one attached hydrogen (secondary N) is 1. The molecule has 0 heterocycles. The fraction of sp³-hybridized carbons (Fsp3) is 0.133. The highest BCUT2D eigenvalue weighted by atomic mass is 35.6. The Hall–Kier alpha value is -0.980. The lowest BCUT2D eigenvalue weighted by atomic mass is 10.2. The fourth-order valence-electron chi connectivity index (χ4n) is 1.89. The molecule has 0 bridgehead atoms. The number of carbonyl (C=O) groups excluding carboxylic acids is 1. The summed E-state index contributed by atoms with van der Waals surface area (Å²) in [5.41, 5.74) is 0.239. The van der Waals surface area contributed by atoms with Crippen LogP contribution in [0, 0.1) is 0 Å². The van der Waals surface area contributed by atoms with E-state index >= 15 is 0 Å². The van der Waals surface area contributed by atoms with Crippen molar-refractivity contribution in [2.45, 2.75) is 14.1 Å². The maximum Gasteiger partial charge on any atom is 0.252 e. The van der Waals surface area contributed by atoms with Crippen LogP contribution in [-0.2, 0) is 9.84 Å². The van der Waals surface area contributed by atoms with E-state index < -0.39 is 24.9 Å². The molecule has 9 heteroatoms. The quantitative estimate of drug-likeness (QED) is 0.743. The number of halogens is 4. The minimum absolute atomic E-state index is 0.128. The van der Waals surface area contributed by atoms with Crippen molar-refractivity contribution in [3.63, 3.8) is 0 Å². The molecule has 0 fully saturated rings. The van der Waals surface area contributed by atoms with Gasteiger partial charge in [-0.05, 0) is 36.4 Å². The van der Waals surface area contributed by atoms with Gasteiger partial charge < -0.3 is 5.32 Å². The molecule has 1 N–H and O–H groups in total. The van der Waals surface area contributed by atoms with Gasteiger partial charge in [-0.2, -0.15) is 0 Å². The first-order valence-electron chi connectivity index (χ1n) is 6.54. The van der Waals surface area contributed by atoms with Crippen molar-refractivity contribution in [2.24, 2.45) is 0 Å². The van der Waals surface area contributed by atoms with Crippen LogP contribution in [0.4, 0.5) is 0 Å². The van der Waals surface area contributed by atoms with Gasteiger partial charge in [-0.1, -0.05) is 64.6 Å². The molecule has 2 aromatic rings. The first kappa shape index (κ1) is 19.3. The van der Waals surface area contributed by atoms with Gasteiger partial charge in [0.15, 0.2) is 5.37 Å². The molecule has 0 unspecified atom stereocenters. The number of sulfone groups is 1. The van der Waals surface area contributed by atoms with Gasteiger partial charge in [-0.25, -0.2) is 8.42 Å². The van der Waals surface area contributed by atoms with Gasteiger partial charge in [0.25, 0.3) is 5.91 Å². The predicted octanol–water partition coefficient (Wildman–Crippen LogP) is 4.24. The summed E-state index contributed by atoms with van der Waals surface area (Å²) in [4.78, 5) is 12.1. The van der Waals surface area contributed by atoms with Gasteiger partial charge >= 0.3 is 0 Å². The smallest absolute Gasteiger partial charge is 0.252 e. The van der Waals surface area contributed by atoms with Crippen molar-refractivity contribution in [1.82, 2.24) is 5.32 Å². The van der Waals surface area contributed by atoms with E-state index in [-0.39, 0.29) is 10.5 Å². The second kappa shape index (κ2) is 7.50. The molecule has 0 aliphatic carbocycles. The Morgan fingerprint density at radius 1 is 0.958 bits per heavy atom. The summed E-state index contributed by atoms with van der Waals surface area (Å²) in [7, 11) is -4.17. The molecular weight excluding hydrogens is 416 g/mol. The number of amides is 1. The zero-order valence-electron chi connectivity index (χ0n) is 11.9.